The average Bonchev–Trinajstić information content (AvgIpc) is 2.99. The van der Waals surface area contributed by atoms with Crippen molar-refractivity contribution in [1.29, 1.82) is 0 Å². The van der Waals surface area contributed by atoms with Crippen LogP contribution in [-0.4, -0.2) is 25.2 Å². The third kappa shape index (κ3) is 4.18. The Morgan fingerprint density at radius 2 is 1.48 bits per heavy atom. The molecule has 0 aromatic heterocycles. The van der Waals surface area contributed by atoms with Gasteiger partial charge in [0.1, 0.15) is 0 Å². The van der Waals surface area contributed by atoms with Crippen molar-refractivity contribution in [3.8, 4) is 11.1 Å². The van der Waals surface area contributed by atoms with Crippen LogP contribution in [0, 0.1) is 11.8 Å². The van der Waals surface area contributed by atoms with E-state index in [0.717, 1.165) is 60.8 Å². The molecule has 29 heavy (non-hydrogen) atoms. The lowest BCUT2D eigenvalue weighted by atomic mass is 9.80. The maximum absolute atomic E-state index is 12.7. The number of benzene rings is 2. The second-order valence-electron chi connectivity index (χ2n) is 9.06. The molecule has 154 valence electrons. The summed E-state index contributed by atoms with van der Waals surface area (Å²) >= 11 is 0. The number of fused-ring (bicyclic) bond motifs is 3. The molecule has 2 aromatic rings. The first-order valence-electron chi connectivity index (χ1n) is 10.8. The minimum Gasteiger partial charge on any atom is -0.289 e. The molecule has 0 bridgehead atoms. The van der Waals surface area contributed by atoms with Gasteiger partial charge in [-0.25, -0.2) is 8.42 Å². The van der Waals surface area contributed by atoms with Crippen molar-refractivity contribution in [2.24, 2.45) is 11.8 Å². The second-order valence-corrected chi connectivity index (χ2v) is 11.7. The molecule has 0 N–H and O–H groups in total. The summed E-state index contributed by atoms with van der Waals surface area (Å²) in [4.78, 5) is 12.7. The van der Waals surface area contributed by atoms with Crippen LogP contribution in [0.5, 0.6) is 0 Å². The summed E-state index contributed by atoms with van der Waals surface area (Å²) in [5, 5.41) is -0.270. The summed E-state index contributed by atoms with van der Waals surface area (Å²) in [5.41, 5.74) is 4.99. The highest BCUT2D eigenvalue weighted by molar-refractivity contribution is 7.91. The van der Waals surface area contributed by atoms with E-state index in [9.17, 15) is 13.2 Å². The van der Waals surface area contributed by atoms with E-state index in [4.69, 9.17) is 0 Å². The zero-order valence-electron chi connectivity index (χ0n) is 17.4. The van der Waals surface area contributed by atoms with Crippen LogP contribution in [-0.2, 0) is 16.3 Å². The summed E-state index contributed by atoms with van der Waals surface area (Å²) in [6, 6.07) is 14.2. The Morgan fingerprint density at radius 3 is 2.17 bits per heavy atom. The molecule has 0 aliphatic heterocycles. The summed E-state index contributed by atoms with van der Waals surface area (Å²) in [6.45, 7) is 3.56. The molecule has 0 radical (unpaired) electrons. The number of carbonyl (C=O) groups excluding carboxylic acids is 1. The van der Waals surface area contributed by atoms with Crippen molar-refractivity contribution in [3.05, 3.63) is 59.2 Å². The molecule has 1 fully saturated rings. The molecular weight excluding hydrogens is 380 g/mol. The maximum Gasteiger partial charge on any atom is 0.194 e. The molecule has 2 aliphatic carbocycles. The molecule has 4 heteroatoms. The molecule has 0 atom stereocenters. The lowest BCUT2D eigenvalue weighted by Crippen LogP contribution is -2.26. The fraction of sp³-hybridized carbons (Fsp3) is 0.480. The van der Waals surface area contributed by atoms with Gasteiger partial charge in [0.05, 0.1) is 11.0 Å². The van der Waals surface area contributed by atoms with Gasteiger partial charge in [-0.15, -0.1) is 0 Å². The van der Waals surface area contributed by atoms with Crippen LogP contribution < -0.4 is 0 Å². The highest BCUT2D eigenvalue weighted by Gasteiger charge is 2.28. The maximum atomic E-state index is 12.7. The van der Waals surface area contributed by atoms with Crippen molar-refractivity contribution >= 4 is 15.6 Å². The number of ketones is 1. The number of hydrogen-bond acceptors (Lipinski definition) is 3. The van der Waals surface area contributed by atoms with Crippen LogP contribution in [0.15, 0.2) is 42.5 Å². The fourth-order valence-corrected chi connectivity index (χ4v) is 6.18. The Balaban J connectivity index is 1.33. The van der Waals surface area contributed by atoms with Crippen molar-refractivity contribution < 1.29 is 13.2 Å². The largest absolute Gasteiger partial charge is 0.289 e. The Labute approximate surface area is 174 Å². The Bertz CT molecular complexity index is 1010. The first kappa shape index (κ1) is 20.3. The molecule has 0 unspecified atom stereocenters. The van der Waals surface area contributed by atoms with Crippen molar-refractivity contribution in [2.75, 3.05) is 5.75 Å². The number of carbonyl (C=O) groups is 1. The molecule has 2 aliphatic rings. The van der Waals surface area contributed by atoms with Crippen LogP contribution >= 0.6 is 0 Å². The topological polar surface area (TPSA) is 51.2 Å². The summed E-state index contributed by atoms with van der Waals surface area (Å²) in [6.07, 6.45) is 6.38. The average molecular weight is 411 g/mol. The smallest absolute Gasteiger partial charge is 0.194 e. The van der Waals surface area contributed by atoms with Gasteiger partial charge in [0.2, 0.25) is 0 Å². The molecule has 0 spiro atoms. The number of sulfone groups is 1. The Morgan fingerprint density at radius 1 is 0.862 bits per heavy atom. The molecule has 2 aromatic carbocycles. The third-order valence-electron chi connectivity index (χ3n) is 6.78. The van der Waals surface area contributed by atoms with Gasteiger partial charge >= 0.3 is 0 Å². The van der Waals surface area contributed by atoms with Gasteiger partial charge in [-0.2, -0.15) is 0 Å². The third-order valence-corrected chi connectivity index (χ3v) is 9.16. The number of rotatable bonds is 6. The van der Waals surface area contributed by atoms with Gasteiger partial charge in [-0.1, -0.05) is 49.2 Å². The lowest BCUT2D eigenvalue weighted by molar-refractivity contribution is 0.104. The van der Waals surface area contributed by atoms with Crippen molar-refractivity contribution in [2.45, 2.75) is 57.6 Å². The summed E-state index contributed by atoms with van der Waals surface area (Å²) in [5.74, 6) is 1.48. The molecule has 0 saturated heterocycles. The lowest BCUT2D eigenvalue weighted by Gasteiger charge is -2.29. The van der Waals surface area contributed by atoms with Gasteiger partial charge in [0.25, 0.3) is 0 Å². The van der Waals surface area contributed by atoms with Crippen LogP contribution in [0.25, 0.3) is 11.1 Å². The van der Waals surface area contributed by atoms with E-state index >= 15 is 0 Å². The van der Waals surface area contributed by atoms with Crippen LogP contribution in [0.1, 0.15) is 67.4 Å². The predicted molar refractivity (Wildman–Crippen MR) is 118 cm³/mol. The highest BCUT2D eigenvalue weighted by atomic mass is 32.2. The Hall–Kier alpha value is -1.94. The molecular formula is C25H30O3S. The quantitative estimate of drug-likeness (QED) is 0.542. The molecule has 0 amide bonds. The second kappa shape index (κ2) is 8.06. The minimum atomic E-state index is -2.94. The molecule has 3 nitrogen and oxygen atoms in total. The van der Waals surface area contributed by atoms with Gasteiger partial charge in [-0.3, -0.25) is 4.79 Å². The first-order valence-corrected chi connectivity index (χ1v) is 12.6. The SMILES string of the molecule is CC(C)S(=O)(=O)CC1CCC(CCc2ccc3c(c2)C(=O)c2ccccc2-3)CC1. The summed E-state index contributed by atoms with van der Waals surface area (Å²) in [7, 11) is -2.94. The Kier molecular flexibility index (Phi) is 5.65. The van der Waals surface area contributed by atoms with Crippen LogP contribution in [0.4, 0.5) is 0 Å². The minimum absolute atomic E-state index is 0.143. The van der Waals surface area contributed by atoms with E-state index in [1.54, 1.807) is 13.8 Å². The summed E-state index contributed by atoms with van der Waals surface area (Å²) < 4.78 is 24.3. The monoisotopic (exact) mass is 410 g/mol. The highest BCUT2D eigenvalue weighted by Crippen LogP contribution is 2.37. The van der Waals surface area contributed by atoms with E-state index in [0.29, 0.717) is 17.6 Å². The van der Waals surface area contributed by atoms with Gasteiger partial charge in [-0.05, 0) is 74.1 Å². The normalized spacial score (nSPS) is 21.3. The van der Waals surface area contributed by atoms with E-state index in [-0.39, 0.29) is 11.0 Å². The molecule has 0 heterocycles. The van der Waals surface area contributed by atoms with E-state index in [1.807, 2.05) is 24.3 Å². The van der Waals surface area contributed by atoms with Gasteiger partial charge < -0.3 is 0 Å². The zero-order valence-corrected chi connectivity index (χ0v) is 18.2. The standard InChI is InChI=1S/C25H30O3S/c1-17(2)29(27,28)16-20-11-8-18(9-12-20)7-10-19-13-14-22-21-5-3-4-6-23(21)25(26)24(22)15-19/h3-6,13-15,17-18,20H,7-12,16H2,1-2H3. The molecule has 1 saturated carbocycles. The predicted octanol–water partition coefficient (Wildman–Crippen LogP) is 5.46. The van der Waals surface area contributed by atoms with Crippen molar-refractivity contribution in [1.82, 2.24) is 0 Å². The van der Waals surface area contributed by atoms with Gasteiger partial charge in [0.15, 0.2) is 15.6 Å². The van der Waals surface area contributed by atoms with Crippen LogP contribution in [0.2, 0.25) is 0 Å². The fourth-order valence-electron chi connectivity index (χ4n) is 4.81. The number of hydrogen-bond donors (Lipinski definition) is 0. The molecule has 4 rings (SSSR count). The van der Waals surface area contributed by atoms with E-state index < -0.39 is 9.84 Å². The first-order chi connectivity index (χ1) is 13.8. The number of aryl methyl sites for hydroxylation is 1. The zero-order chi connectivity index (χ0) is 20.6. The van der Waals surface area contributed by atoms with Gasteiger partial charge in [0, 0.05) is 11.1 Å². The van der Waals surface area contributed by atoms with E-state index in [1.165, 1.54) is 5.56 Å². The van der Waals surface area contributed by atoms with Crippen LogP contribution in [0.3, 0.4) is 0 Å². The van der Waals surface area contributed by atoms with Crippen molar-refractivity contribution in [3.63, 3.8) is 0 Å². The van der Waals surface area contributed by atoms with E-state index in [2.05, 4.69) is 18.2 Å².